The standard InChI is InChI=1S/C44H48N8O9/c1-6-8-10-38(53)51(30-16-18-32-27(22-30)25-49(41(32)56)35-20-21-39(54)52(42(35)57)61-40(55)11-9-7-2)60-31-17-19-34-33(23-31)45-26-50(34)29-14-12-28(13-15-29)46-43(58)47-37-24-36(59-48-37)44(3,4)5/h12-19,22-24,26,35H,6-11,20-21,25H2,1-5H3,(H2,46,47,48,58). The molecule has 1 atom stereocenters. The molecule has 2 aliphatic rings. The SMILES string of the molecule is CCCCC(=O)ON1C(=O)CCC(N2Cc3cc(N(Oc4ccc5c(c4)ncn5-c4ccc(NC(=O)Nc5cc(C(C)(C)C)on5)cc4)C(=O)CCCC)ccc3C2=O)C1=O. The summed E-state index contributed by atoms with van der Waals surface area (Å²) in [6, 6.07) is 17.6. The lowest BCUT2D eigenvalue weighted by Crippen LogP contribution is -2.55. The number of unbranched alkanes of at least 4 members (excludes halogenated alkanes) is 2. The highest BCUT2D eigenvalue weighted by Crippen LogP contribution is 2.34. The Labute approximate surface area is 351 Å². The summed E-state index contributed by atoms with van der Waals surface area (Å²) >= 11 is 0. The zero-order chi connectivity index (χ0) is 43.4. The molecule has 2 aromatic heterocycles. The molecular formula is C44H48N8O9. The Morgan fingerprint density at radius 3 is 2.39 bits per heavy atom. The van der Waals surface area contributed by atoms with Gasteiger partial charge < -0.3 is 24.4 Å². The maximum atomic E-state index is 13.7. The smallest absolute Gasteiger partial charge is 0.333 e. The highest BCUT2D eigenvalue weighted by molar-refractivity contribution is 6.06. The Bertz CT molecular complexity index is 2490. The number of carbonyl (C=O) groups excluding carboxylic acids is 6. The number of imidazole rings is 1. The number of hydrogen-bond donors (Lipinski definition) is 2. The molecule has 1 unspecified atom stereocenters. The number of imide groups is 1. The van der Waals surface area contributed by atoms with Crippen molar-refractivity contribution in [2.24, 2.45) is 0 Å². The summed E-state index contributed by atoms with van der Waals surface area (Å²) < 4.78 is 7.22. The van der Waals surface area contributed by atoms with Gasteiger partial charge in [-0.05, 0) is 79.4 Å². The molecule has 61 heavy (non-hydrogen) atoms. The molecule has 1 saturated heterocycles. The van der Waals surface area contributed by atoms with Gasteiger partial charge >= 0.3 is 12.0 Å². The van der Waals surface area contributed by atoms with Crippen molar-refractivity contribution in [1.29, 1.82) is 0 Å². The van der Waals surface area contributed by atoms with Crippen molar-refractivity contribution in [2.75, 3.05) is 15.7 Å². The van der Waals surface area contributed by atoms with E-state index in [0.29, 0.717) is 63.3 Å². The molecule has 3 aromatic carbocycles. The van der Waals surface area contributed by atoms with E-state index >= 15 is 0 Å². The molecule has 7 rings (SSSR count). The molecule has 2 aliphatic heterocycles. The number of aromatic nitrogens is 3. The monoisotopic (exact) mass is 832 g/mol. The van der Waals surface area contributed by atoms with Crippen LogP contribution in [0.2, 0.25) is 0 Å². The first kappa shape index (κ1) is 42.1. The molecule has 0 aliphatic carbocycles. The number of carbonyl (C=O) groups is 6. The fraction of sp³-hybridized carbons (Fsp3) is 0.364. The second-order valence-electron chi connectivity index (χ2n) is 16.0. The molecule has 5 aromatic rings. The number of anilines is 3. The molecule has 6 amide bonds. The minimum Gasteiger partial charge on any atom is -0.372 e. The van der Waals surface area contributed by atoms with Crippen LogP contribution < -0.4 is 20.5 Å². The zero-order valence-corrected chi connectivity index (χ0v) is 34.7. The molecule has 318 valence electrons. The van der Waals surface area contributed by atoms with Crippen molar-refractivity contribution in [3.05, 3.63) is 89.9 Å². The number of hydrogen-bond acceptors (Lipinski definition) is 11. The first-order chi connectivity index (χ1) is 29.2. The summed E-state index contributed by atoms with van der Waals surface area (Å²) in [5.74, 6) is -1.50. The van der Waals surface area contributed by atoms with E-state index in [1.165, 1.54) is 9.96 Å². The molecule has 2 N–H and O–H groups in total. The molecular weight excluding hydrogens is 785 g/mol. The van der Waals surface area contributed by atoms with E-state index in [4.69, 9.17) is 14.2 Å². The zero-order valence-electron chi connectivity index (χ0n) is 34.7. The molecule has 0 spiro atoms. The highest BCUT2D eigenvalue weighted by Gasteiger charge is 2.44. The van der Waals surface area contributed by atoms with Crippen molar-refractivity contribution in [1.82, 2.24) is 24.7 Å². The fourth-order valence-corrected chi connectivity index (χ4v) is 7.01. The summed E-state index contributed by atoms with van der Waals surface area (Å²) in [6.45, 7) is 9.88. The van der Waals surface area contributed by atoms with Crippen LogP contribution in [0.3, 0.4) is 0 Å². The number of nitrogens with one attached hydrogen (secondary N) is 2. The Morgan fingerprint density at radius 1 is 0.918 bits per heavy atom. The van der Waals surface area contributed by atoms with Gasteiger partial charge in [0.1, 0.15) is 18.1 Å². The van der Waals surface area contributed by atoms with Gasteiger partial charge in [0.25, 0.3) is 23.6 Å². The average molecular weight is 833 g/mol. The van der Waals surface area contributed by atoms with Crippen molar-refractivity contribution in [3.63, 3.8) is 0 Å². The van der Waals surface area contributed by atoms with Gasteiger partial charge in [-0.15, -0.1) is 10.1 Å². The molecule has 17 heteroatoms. The van der Waals surface area contributed by atoms with Gasteiger partial charge in [0.15, 0.2) is 11.6 Å². The van der Waals surface area contributed by atoms with E-state index in [1.807, 2.05) is 57.4 Å². The van der Waals surface area contributed by atoms with E-state index in [2.05, 4.69) is 20.8 Å². The van der Waals surface area contributed by atoms with Crippen LogP contribution in [0.1, 0.15) is 108 Å². The van der Waals surface area contributed by atoms with Gasteiger partial charge in [-0.25, -0.2) is 14.6 Å². The normalized spacial score (nSPS) is 15.2. The van der Waals surface area contributed by atoms with E-state index in [0.717, 1.165) is 24.0 Å². The van der Waals surface area contributed by atoms with E-state index < -0.39 is 35.8 Å². The number of rotatable bonds is 14. The summed E-state index contributed by atoms with van der Waals surface area (Å²) in [5.41, 5.74) is 3.75. The Morgan fingerprint density at radius 2 is 1.67 bits per heavy atom. The van der Waals surface area contributed by atoms with Crippen molar-refractivity contribution < 1.29 is 43.0 Å². The second-order valence-corrected chi connectivity index (χ2v) is 16.0. The maximum Gasteiger partial charge on any atom is 0.333 e. The summed E-state index contributed by atoms with van der Waals surface area (Å²) in [5, 5.41) is 11.1. The van der Waals surface area contributed by atoms with E-state index in [9.17, 15) is 28.8 Å². The Balaban J connectivity index is 1.04. The minimum absolute atomic E-state index is 0.0378. The highest BCUT2D eigenvalue weighted by atomic mass is 16.7. The predicted molar refractivity (Wildman–Crippen MR) is 223 cm³/mol. The second kappa shape index (κ2) is 17.7. The van der Waals surface area contributed by atoms with Gasteiger partial charge in [0.2, 0.25) is 0 Å². The van der Waals surface area contributed by atoms with Crippen LogP contribution in [0, 0.1) is 0 Å². The minimum atomic E-state index is -1.01. The third kappa shape index (κ3) is 9.25. The average Bonchev–Trinajstić information content (AvgIpc) is 3.97. The predicted octanol–water partition coefficient (Wildman–Crippen LogP) is 7.59. The molecule has 1 fully saturated rings. The van der Waals surface area contributed by atoms with Gasteiger partial charge in [-0.3, -0.25) is 29.1 Å². The number of piperidine rings is 1. The lowest BCUT2D eigenvalue weighted by molar-refractivity contribution is -0.208. The van der Waals surface area contributed by atoms with Crippen LogP contribution in [0.4, 0.5) is 22.0 Å². The summed E-state index contributed by atoms with van der Waals surface area (Å²) in [6.07, 6.45) is 4.63. The fourth-order valence-electron chi connectivity index (χ4n) is 7.01. The largest absolute Gasteiger partial charge is 0.372 e. The van der Waals surface area contributed by atoms with E-state index in [1.54, 1.807) is 54.9 Å². The first-order valence-corrected chi connectivity index (χ1v) is 20.4. The van der Waals surface area contributed by atoms with E-state index in [-0.39, 0.29) is 43.6 Å². The Hall–Kier alpha value is -7.04. The van der Waals surface area contributed by atoms with Gasteiger partial charge in [0.05, 0.1) is 16.7 Å². The summed E-state index contributed by atoms with van der Waals surface area (Å²) in [4.78, 5) is 95.6. The number of fused-ring (bicyclic) bond motifs is 2. The van der Waals surface area contributed by atoms with Gasteiger partial charge in [-0.1, -0.05) is 52.6 Å². The van der Waals surface area contributed by atoms with Crippen LogP contribution in [-0.2, 0) is 36.0 Å². The summed E-state index contributed by atoms with van der Waals surface area (Å²) in [7, 11) is 0. The number of hydroxylamine groups is 3. The van der Waals surface area contributed by atoms with Crippen LogP contribution in [0.5, 0.6) is 5.75 Å². The molecule has 0 bridgehead atoms. The third-order valence-corrected chi connectivity index (χ3v) is 10.4. The van der Waals surface area contributed by atoms with Crippen molar-refractivity contribution >= 4 is 63.9 Å². The van der Waals surface area contributed by atoms with Gasteiger partial charge in [-0.2, -0.15) is 0 Å². The molecule has 17 nitrogen and oxygen atoms in total. The maximum absolute atomic E-state index is 13.7. The lowest BCUT2D eigenvalue weighted by Gasteiger charge is -2.33. The van der Waals surface area contributed by atoms with Crippen LogP contribution >= 0.6 is 0 Å². The number of benzene rings is 3. The number of urea groups is 1. The lowest BCUT2D eigenvalue weighted by atomic mass is 9.93. The van der Waals surface area contributed by atoms with Crippen molar-refractivity contribution in [3.8, 4) is 11.4 Å². The number of nitrogens with zero attached hydrogens (tertiary/aromatic N) is 6. The molecule has 0 radical (unpaired) electrons. The van der Waals surface area contributed by atoms with Crippen LogP contribution in [0.15, 0.2) is 77.6 Å². The third-order valence-electron chi connectivity index (χ3n) is 10.4. The first-order valence-electron chi connectivity index (χ1n) is 20.4. The van der Waals surface area contributed by atoms with Gasteiger partial charge in [0, 0.05) is 60.3 Å². The topological polar surface area (TPSA) is 199 Å². The molecule has 4 heterocycles. The Kier molecular flexibility index (Phi) is 12.2. The van der Waals surface area contributed by atoms with Crippen molar-refractivity contribution in [2.45, 2.75) is 104 Å². The quantitative estimate of drug-likeness (QED) is 0.0825. The molecule has 0 saturated carbocycles. The van der Waals surface area contributed by atoms with Crippen LogP contribution in [0.25, 0.3) is 16.7 Å². The number of amides is 6. The van der Waals surface area contributed by atoms with Crippen LogP contribution in [-0.4, -0.2) is 66.3 Å².